The number of benzene rings is 1. The number of nitrogens with one attached hydrogen (secondary N) is 1. The van der Waals surface area contributed by atoms with Crippen molar-refractivity contribution in [1.29, 1.82) is 0 Å². The molecule has 7 nitrogen and oxygen atoms in total. The zero-order valence-corrected chi connectivity index (χ0v) is 18.2. The minimum absolute atomic E-state index is 0.00469. The Kier molecular flexibility index (Phi) is 7.89. The average Bonchev–Trinajstić information content (AvgIpc) is 2.70. The van der Waals surface area contributed by atoms with Gasteiger partial charge in [0.1, 0.15) is 0 Å². The van der Waals surface area contributed by atoms with Gasteiger partial charge in [0.25, 0.3) is 5.91 Å². The summed E-state index contributed by atoms with van der Waals surface area (Å²) in [6, 6.07) is 5.88. The SMILES string of the molecule is O=C(N[C@H](OC[C@H]1CCCN2CCCC[C@H]12)C(Cl)(Cl)Cl)c1ccc(N([O-])O)cc1. The summed E-state index contributed by atoms with van der Waals surface area (Å²) in [5, 5.41) is 22.1. The van der Waals surface area contributed by atoms with Crippen LogP contribution in [-0.4, -0.2) is 51.8 Å². The van der Waals surface area contributed by atoms with Crippen LogP contribution >= 0.6 is 34.8 Å². The van der Waals surface area contributed by atoms with E-state index < -0.39 is 15.9 Å². The fraction of sp³-hybridized carbons (Fsp3) is 0.632. The second kappa shape index (κ2) is 10.0. The lowest BCUT2D eigenvalue weighted by atomic mass is 9.84. The first-order chi connectivity index (χ1) is 13.8. The van der Waals surface area contributed by atoms with Gasteiger partial charge in [0.2, 0.25) is 3.79 Å². The van der Waals surface area contributed by atoms with Crippen molar-refractivity contribution in [2.24, 2.45) is 5.92 Å². The predicted octanol–water partition coefficient (Wildman–Crippen LogP) is 4.09. The molecule has 1 aromatic carbocycles. The van der Waals surface area contributed by atoms with Crippen LogP contribution in [0.3, 0.4) is 0 Å². The maximum Gasteiger partial charge on any atom is 0.253 e. The van der Waals surface area contributed by atoms with Gasteiger partial charge in [-0.05, 0) is 69.0 Å². The van der Waals surface area contributed by atoms with Crippen LogP contribution in [0.1, 0.15) is 42.5 Å². The van der Waals surface area contributed by atoms with Crippen molar-refractivity contribution in [3.63, 3.8) is 0 Å². The molecule has 3 atom stereocenters. The third-order valence-electron chi connectivity index (χ3n) is 5.62. The predicted molar refractivity (Wildman–Crippen MR) is 114 cm³/mol. The van der Waals surface area contributed by atoms with Crippen LogP contribution in [0, 0.1) is 11.1 Å². The summed E-state index contributed by atoms with van der Waals surface area (Å²) in [4.78, 5) is 15.1. The van der Waals surface area contributed by atoms with Crippen LogP contribution < -0.4 is 10.5 Å². The van der Waals surface area contributed by atoms with E-state index in [0.717, 1.165) is 32.4 Å². The average molecular weight is 466 g/mol. The number of rotatable bonds is 6. The van der Waals surface area contributed by atoms with E-state index in [4.69, 9.17) is 44.7 Å². The van der Waals surface area contributed by atoms with E-state index in [9.17, 15) is 10.0 Å². The van der Waals surface area contributed by atoms with Gasteiger partial charge >= 0.3 is 0 Å². The standard InChI is InChI=1S/C19H25Cl3N3O4/c20-19(21,22)18(23-17(26)13-6-8-15(9-7-13)25(27)28)29-12-14-4-3-11-24-10-2-1-5-16(14)24/h6-9,14,16,18,27H,1-5,10-12H2,(H,23,26)/q-1/t14-,16-,18-/m1/s1. The summed E-state index contributed by atoms with van der Waals surface area (Å²) >= 11 is 18.2. The molecule has 1 amide bonds. The van der Waals surface area contributed by atoms with Crippen LogP contribution in [0.5, 0.6) is 0 Å². The normalized spacial score (nSPS) is 23.9. The van der Waals surface area contributed by atoms with E-state index in [1.165, 1.54) is 37.1 Å². The van der Waals surface area contributed by atoms with Crippen LogP contribution in [0.4, 0.5) is 5.69 Å². The first-order valence-corrected chi connectivity index (χ1v) is 10.9. The first kappa shape index (κ1) is 22.9. The fourth-order valence-corrected chi connectivity index (χ4v) is 4.50. The number of amides is 1. The molecule has 162 valence electrons. The molecule has 0 saturated carbocycles. The van der Waals surface area contributed by atoms with Crippen molar-refractivity contribution >= 4 is 46.4 Å². The second-order valence-electron chi connectivity index (χ2n) is 7.55. The minimum Gasteiger partial charge on any atom is -0.733 e. The van der Waals surface area contributed by atoms with E-state index in [-0.39, 0.29) is 16.5 Å². The fourth-order valence-electron chi connectivity index (χ4n) is 4.15. The van der Waals surface area contributed by atoms with E-state index in [0.29, 0.717) is 18.6 Å². The van der Waals surface area contributed by atoms with Gasteiger partial charge in [-0.25, -0.2) is 0 Å². The third-order valence-corrected chi connectivity index (χ3v) is 6.21. The van der Waals surface area contributed by atoms with Crippen LogP contribution in [0.2, 0.25) is 0 Å². The zero-order valence-electron chi connectivity index (χ0n) is 15.9. The maximum absolute atomic E-state index is 12.5. The Balaban J connectivity index is 1.61. The van der Waals surface area contributed by atoms with Gasteiger partial charge in [-0.3, -0.25) is 10.0 Å². The molecule has 0 bridgehead atoms. The first-order valence-electron chi connectivity index (χ1n) is 9.75. The number of alkyl halides is 3. The summed E-state index contributed by atoms with van der Waals surface area (Å²) in [7, 11) is 0. The summed E-state index contributed by atoms with van der Waals surface area (Å²) in [5.41, 5.74) is 0.250. The van der Waals surface area contributed by atoms with Crippen molar-refractivity contribution in [1.82, 2.24) is 10.2 Å². The Hall–Kier alpha value is -0.800. The highest BCUT2D eigenvalue weighted by atomic mass is 35.6. The molecule has 2 aliphatic heterocycles. The van der Waals surface area contributed by atoms with Crippen molar-refractivity contribution in [2.45, 2.75) is 48.2 Å². The molecule has 3 rings (SSSR count). The Morgan fingerprint density at radius 2 is 1.93 bits per heavy atom. The summed E-state index contributed by atoms with van der Waals surface area (Å²) in [6.45, 7) is 2.64. The number of hydrogen-bond acceptors (Lipinski definition) is 6. The molecule has 10 heteroatoms. The molecular formula is C19H25Cl3N3O4-. The van der Waals surface area contributed by atoms with E-state index in [1.54, 1.807) is 0 Å². The van der Waals surface area contributed by atoms with Gasteiger partial charge in [-0.2, -0.15) is 0 Å². The quantitative estimate of drug-likeness (QED) is 0.374. The number of halogens is 3. The van der Waals surface area contributed by atoms with E-state index >= 15 is 0 Å². The Labute approximate surface area is 185 Å². The highest BCUT2D eigenvalue weighted by Crippen LogP contribution is 2.34. The molecule has 2 aliphatic rings. The smallest absolute Gasteiger partial charge is 0.253 e. The Morgan fingerprint density at radius 1 is 1.24 bits per heavy atom. The largest absolute Gasteiger partial charge is 0.733 e. The molecule has 0 aromatic heterocycles. The lowest BCUT2D eigenvalue weighted by molar-refractivity contribution is -0.0325. The number of nitrogens with zero attached hydrogens (tertiary/aromatic N) is 2. The van der Waals surface area contributed by atoms with Gasteiger partial charge in [0, 0.05) is 11.6 Å². The maximum atomic E-state index is 12.5. The molecule has 0 radical (unpaired) electrons. The van der Waals surface area contributed by atoms with Gasteiger partial charge in [-0.15, -0.1) is 0 Å². The van der Waals surface area contributed by atoms with E-state index in [1.807, 2.05) is 0 Å². The van der Waals surface area contributed by atoms with Gasteiger partial charge in [0.15, 0.2) is 6.23 Å². The van der Waals surface area contributed by atoms with Crippen molar-refractivity contribution < 1.29 is 14.7 Å². The molecule has 2 heterocycles. The number of carbonyl (C=O) groups excluding carboxylic acids is 1. The van der Waals surface area contributed by atoms with Gasteiger partial charge < -0.3 is 25.4 Å². The second-order valence-corrected chi connectivity index (χ2v) is 9.92. The number of ether oxygens (including phenoxy) is 1. The highest BCUT2D eigenvalue weighted by Gasteiger charge is 2.38. The third kappa shape index (κ3) is 6.10. The van der Waals surface area contributed by atoms with E-state index in [2.05, 4.69) is 10.2 Å². The molecule has 2 saturated heterocycles. The monoisotopic (exact) mass is 464 g/mol. The van der Waals surface area contributed by atoms with Gasteiger partial charge in [-0.1, -0.05) is 41.2 Å². The molecule has 0 unspecified atom stereocenters. The summed E-state index contributed by atoms with van der Waals surface area (Å²) in [5.74, 6) is -0.172. The number of fused-ring (bicyclic) bond motifs is 1. The highest BCUT2D eigenvalue weighted by molar-refractivity contribution is 6.68. The summed E-state index contributed by atoms with van der Waals surface area (Å²) in [6.07, 6.45) is 4.64. The lowest BCUT2D eigenvalue weighted by Crippen LogP contribution is -2.51. The summed E-state index contributed by atoms with van der Waals surface area (Å²) < 4.78 is 4.06. The van der Waals surface area contributed by atoms with Crippen LogP contribution in [0.15, 0.2) is 24.3 Å². The molecule has 29 heavy (non-hydrogen) atoms. The molecule has 0 aliphatic carbocycles. The van der Waals surface area contributed by atoms with Crippen LogP contribution in [-0.2, 0) is 4.74 Å². The van der Waals surface area contributed by atoms with Crippen molar-refractivity contribution in [3.05, 3.63) is 35.0 Å². The topological polar surface area (TPSA) is 88.1 Å². The lowest BCUT2D eigenvalue weighted by Gasteiger charge is -2.44. The number of anilines is 1. The Morgan fingerprint density at radius 3 is 2.59 bits per heavy atom. The molecular weight excluding hydrogens is 441 g/mol. The zero-order chi connectivity index (χ0) is 21.0. The number of carbonyl (C=O) groups is 1. The Bertz CT molecular complexity index is 682. The molecule has 1 aromatic rings. The molecule has 0 spiro atoms. The molecule has 2 N–H and O–H groups in total. The van der Waals surface area contributed by atoms with Crippen molar-refractivity contribution in [2.75, 3.05) is 24.9 Å². The molecule has 2 fully saturated rings. The van der Waals surface area contributed by atoms with Crippen molar-refractivity contribution in [3.8, 4) is 0 Å². The number of piperidine rings is 2. The van der Waals surface area contributed by atoms with Gasteiger partial charge in [0.05, 0.1) is 12.3 Å². The van der Waals surface area contributed by atoms with Crippen LogP contribution in [0.25, 0.3) is 0 Å². The minimum atomic E-state index is -1.84. The number of hydrogen-bond donors (Lipinski definition) is 2.